The van der Waals surface area contributed by atoms with Gasteiger partial charge in [-0.15, -0.1) is 11.8 Å². The molecule has 1 amide bonds. The predicted molar refractivity (Wildman–Crippen MR) is 127 cm³/mol. The van der Waals surface area contributed by atoms with Crippen LogP contribution < -0.4 is 5.32 Å². The van der Waals surface area contributed by atoms with Crippen molar-refractivity contribution in [3.8, 4) is 0 Å². The van der Waals surface area contributed by atoms with E-state index in [1.165, 1.54) is 4.90 Å². The Morgan fingerprint density at radius 3 is 2.45 bits per heavy atom. The number of fused-ring (bicyclic) bond motifs is 1. The van der Waals surface area contributed by atoms with Gasteiger partial charge in [-0.2, -0.15) is 0 Å². The zero-order valence-electron chi connectivity index (χ0n) is 18.9. The fraction of sp³-hybridized carbons (Fsp3) is 0.400. The van der Waals surface area contributed by atoms with Crippen molar-refractivity contribution in [1.29, 1.82) is 0 Å². The maximum absolute atomic E-state index is 13.3. The van der Waals surface area contributed by atoms with E-state index >= 15 is 0 Å². The quantitative estimate of drug-likeness (QED) is 0.407. The van der Waals surface area contributed by atoms with Crippen LogP contribution in [0.3, 0.4) is 0 Å². The fourth-order valence-electron chi connectivity index (χ4n) is 3.92. The molecule has 0 radical (unpaired) electrons. The molecule has 7 nitrogen and oxygen atoms in total. The lowest BCUT2D eigenvalue weighted by molar-refractivity contribution is -0.153. The molecule has 0 aromatic heterocycles. The highest BCUT2D eigenvalue weighted by molar-refractivity contribution is 7.99. The Morgan fingerprint density at radius 2 is 1.79 bits per heavy atom. The number of amides is 1. The van der Waals surface area contributed by atoms with Crippen molar-refractivity contribution in [1.82, 2.24) is 10.2 Å². The highest BCUT2D eigenvalue weighted by Crippen LogP contribution is 2.24. The Hall–Kier alpha value is -2.84. The average molecular weight is 471 g/mol. The van der Waals surface area contributed by atoms with E-state index in [4.69, 9.17) is 4.74 Å². The minimum atomic E-state index is -1.04. The monoisotopic (exact) mass is 470 g/mol. The molecule has 0 saturated carbocycles. The first-order chi connectivity index (χ1) is 15.9. The second kappa shape index (κ2) is 11.9. The first-order valence-corrected chi connectivity index (χ1v) is 12.1. The Morgan fingerprint density at radius 1 is 1.12 bits per heavy atom. The molecule has 0 bridgehead atoms. The van der Waals surface area contributed by atoms with Crippen LogP contribution in [0, 0.1) is 0 Å². The van der Waals surface area contributed by atoms with Gasteiger partial charge < -0.3 is 14.7 Å². The highest BCUT2D eigenvalue weighted by atomic mass is 32.2. The van der Waals surface area contributed by atoms with E-state index in [0.29, 0.717) is 12.2 Å². The van der Waals surface area contributed by atoms with Gasteiger partial charge in [0.2, 0.25) is 5.91 Å². The molecule has 2 N–H and O–H groups in total. The number of carboxylic acid groups (broad SMARTS) is 1. The van der Waals surface area contributed by atoms with Crippen molar-refractivity contribution in [2.45, 2.75) is 56.3 Å². The molecule has 0 saturated heterocycles. The number of benzene rings is 2. The van der Waals surface area contributed by atoms with Gasteiger partial charge in [0, 0.05) is 23.6 Å². The number of ether oxygens (including phenoxy) is 1. The molecule has 3 atom stereocenters. The van der Waals surface area contributed by atoms with E-state index < -0.39 is 30.1 Å². The van der Waals surface area contributed by atoms with Crippen LogP contribution in [0.5, 0.6) is 0 Å². The summed E-state index contributed by atoms with van der Waals surface area (Å²) in [6, 6.07) is 15.1. The number of hydrogen-bond donors (Lipinski definition) is 2. The number of esters is 1. The van der Waals surface area contributed by atoms with Crippen LogP contribution in [0.25, 0.3) is 0 Å². The number of carboxylic acids is 1. The third kappa shape index (κ3) is 6.58. The lowest BCUT2D eigenvalue weighted by Crippen LogP contribution is -2.56. The van der Waals surface area contributed by atoms with Crippen molar-refractivity contribution >= 4 is 29.6 Å². The maximum atomic E-state index is 13.3. The molecule has 1 aliphatic heterocycles. The molecular formula is C25H30N2O5S. The summed E-state index contributed by atoms with van der Waals surface area (Å²) in [5.74, 6) is -1.13. The lowest BCUT2D eigenvalue weighted by Gasteiger charge is -2.36. The van der Waals surface area contributed by atoms with Gasteiger partial charge in [0.25, 0.3) is 0 Å². The summed E-state index contributed by atoms with van der Waals surface area (Å²) in [5, 5.41) is 12.8. The Labute approximate surface area is 198 Å². The van der Waals surface area contributed by atoms with Gasteiger partial charge in [-0.3, -0.25) is 14.9 Å². The second-order valence-electron chi connectivity index (χ2n) is 7.94. The summed E-state index contributed by atoms with van der Waals surface area (Å²) in [6.07, 6.45) is 0.736. The van der Waals surface area contributed by atoms with Crippen LogP contribution >= 0.6 is 11.8 Å². The third-order valence-electron chi connectivity index (χ3n) is 5.63. The minimum absolute atomic E-state index is 0.228. The average Bonchev–Trinajstić information content (AvgIpc) is 2.82. The Kier molecular flexibility index (Phi) is 8.91. The summed E-state index contributed by atoms with van der Waals surface area (Å²) < 4.78 is 5.21. The smallest absolute Gasteiger partial charge is 0.326 e. The van der Waals surface area contributed by atoms with E-state index in [2.05, 4.69) is 5.32 Å². The van der Waals surface area contributed by atoms with Crippen molar-refractivity contribution in [2.24, 2.45) is 0 Å². The topological polar surface area (TPSA) is 95.9 Å². The lowest BCUT2D eigenvalue weighted by atomic mass is 9.93. The van der Waals surface area contributed by atoms with Crippen LogP contribution in [-0.2, 0) is 32.1 Å². The number of carbonyl (C=O) groups is 3. The fourth-order valence-corrected chi connectivity index (χ4v) is 4.86. The van der Waals surface area contributed by atoms with Gasteiger partial charge in [0.15, 0.2) is 0 Å². The molecule has 3 rings (SSSR count). The zero-order chi connectivity index (χ0) is 23.8. The Bertz CT molecular complexity index is 968. The van der Waals surface area contributed by atoms with Crippen molar-refractivity contribution in [2.75, 3.05) is 12.4 Å². The van der Waals surface area contributed by atoms with E-state index in [1.54, 1.807) is 25.6 Å². The van der Waals surface area contributed by atoms with E-state index in [9.17, 15) is 19.5 Å². The molecule has 8 heteroatoms. The first-order valence-electron chi connectivity index (χ1n) is 11.1. The molecule has 0 aliphatic carbocycles. The van der Waals surface area contributed by atoms with Crippen LogP contribution in [0.2, 0.25) is 0 Å². The molecular weight excluding hydrogens is 440 g/mol. The van der Waals surface area contributed by atoms with Crippen LogP contribution in [0.1, 0.15) is 31.4 Å². The second-order valence-corrected chi connectivity index (χ2v) is 9.10. The SMILES string of the molecule is CCOC(=O)C(CCSc1ccccc1)N[C@@H](C)C(=O)N1Cc2ccccc2CC1C(=O)O. The van der Waals surface area contributed by atoms with Crippen molar-refractivity contribution in [3.05, 3.63) is 65.7 Å². The van der Waals surface area contributed by atoms with E-state index in [0.717, 1.165) is 16.0 Å². The summed E-state index contributed by atoms with van der Waals surface area (Å²) in [5.41, 5.74) is 1.88. The van der Waals surface area contributed by atoms with Crippen LogP contribution in [0.4, 0.5) is 0 Å². The summed E-state index contributed by atoms with van der Waals surface area (Å²) in [4.78, 5) is 40.2. The van der Waals surface area contributed by atoms with Crippen LogP contribution in [-0.4, -0.2) is 58.3 Å². The molecule has 1 heterocycles. The summed E-state index contributed by atoms with van der Waals surface area (Å²) in [6.45, 7) is 3.88. The predicted octanol–water partition coefficient (Wildman–Crippen LogP) is 3.12. The van der Waals surface area contributed by atoms with Crippen LogP contribution in [0.15, 0.2) is 59.5 Å². The largest absolute Gasteiger partial charge is 0.480 e. The van der Waals surface area contributed by atoms with Gasteiger partial charge in [0.1, 0.15) is 12.1 Å². The highest BCUT2D eigenvalue weighted by Gasteiger charge is 2.37. The first kappa shape index (κ1) is 24.8. The van der Waals surface area contributed by atoms with Gasteiger partial charge in [-0.25, -0.2) is 4.79 Å². The summed E-state index contributed by atoms with van der Waals surface area (Å²) >= 11 is 1.62. The van der Waals surface area contributed by atoms with Gasteiger partial charge >= 0.3 is 11.9 Å². The number of aliphatic carboxylic acids is 1. The van der Waals surface area contributed by atoms with Gasteiger partial charge in [-0.1, -0.05) is 42.5 Å². The number of nitrogens with zero attached hydrogens (tertiary/aromatic N) is 1. The van der Waals surface area contributed by atoms with E-state index in [1.807, 2.05) is 54.6 Å². The third-order valence-corrected chi connectivity index (χ3v) is 6.67. The normalized spacial score (nSPS) is 17.0. The van der Waals surface area contributed by atoms with E-state index in [-0.39, 0.29) is 25.5 Å². The van der Waals surface area contributed by atoms with Crippen molar-refractivity contribution < 1.29 is 24.2 Å². The minimum Gasteiger partial charge on any atom is -0.480 e. The zero-order valence-corrected chi connectivity index (χ0v) is 19.7. The molecule has 33 heavy (non-hydrogen) atoms. The maximum Gasteiger partial charge on any atom is 0.326 e. The number of nitrogens with one attached hydrogen (secondary N) is 1. The number of rotatable bonds is 10. The molecule has 0 fully saturated rings. The summed E-state index contributed by atoms with van der Waals surface area (Å²) in [7, 11) is 0. The molecule has 176 valence electrons. The van der Waals surface area contributed by atoms with Gasteiger partial charge in [0.05, 0.1) is 12.6 Å². The molecule has 2 aromatic rings. The standard InChI is InChI=1S/C25H30N2O5S/c1-3-32-25(31)21(13-14-33-20-11-5-4-6-12-20)26-17(2)23(28)27-16-19-10-8-7-9-18(19)15-22(27)24(29)30/h4-12,17,21-22,26H,3,13-16H2,1-2H3,(H,29,30)/t17-,21?,22?/m0/s1. The Balaban J connectivity index is 1.67. The number of hydrogen-bond acceptors (Lipinski definition) is 6. The number of thioether (sulfide) groups is 1. The molecule has 0 spiro atoms. The van der Waals surface area contributed by atoms with Gasteiger partial charge in [-0.05, 0) is 43.5 Å². The molecule has 2 unspecified atom stereocenters. The molecule has 1 aliphatic rings. The van der Waals surface area contributed by atoms with Crippen molar-refractivity contribution in [3.63, 3.8) is 0 Å². The molecule has 2 aromatic carbocycles. The number of carbonyl (C=O) groups excluding carboxylic acids is 2.